The second-order valence-corrected chi connectivity index (χ2v) is 6.98. The Hall–Kier alpha value is -2.73. The van der Waals surface area contributed by atoms with E-state index in [1.807, 2.05) is 31.3 Å². The fourth-order valence-corrected chi connectivity index (χ4v) is 3.58. The fraction of sp³-hybridized carbons (Fsp3) is 0.364. The molecule has 5 nitrogen and oxygen atoms in total. The van der Waals surface area contributed by atoms with E-state index < -0.39 is 5.82 Å². The number of hydrogen-bond donors (Lipinski definition) is 0. The van der Waals surface area contributed by atoms with Gasteiger partial charge in [0.15, 0.2) is 5.78 Å². The molecule has 6 heteroatoms. The first-order valence-electron chi connectivity index (χ1n) is 9.40. The number of hydrogen-bond acceptors (Lipinski definition) is 4. The molecule has 1 fully saturated rings. The summed E-state index contributed by atoms with van der Waals surface area (Å²) in [5.41, 5.74) is 1.08. The molecule has 1 atom stereocenters. The first-order valence-corrected chi connectivity index (χ1v) is 9.40. The molecule has 0 bridgehead atoms. The lowest BCUT2D eigenvalue weighted by molar-refractivity contribution is -0.134. The number of amides is 1. The molecule has 1 aliphatic rings. The zero-order chi connectivity index (χ0) is 20.1. The van der Waals surface area contributed by atoms with Gasteiger partial charge in [-0.2, -0.15) is 0 Å². The zero-order valence-electron chi connectivity index (χ0n) is 16.2. The average molecular weight is 384 g/mol. The Labute approximate surface area is 164 Å². The van der Waals surface area contributed by atoms with E-state index in [1.165, 1.54) is 12.1 Å². The van der Waals surface area contributed by atoms with Crippen molar-refractivity contribution in [3.8, 4) is 5.75 Å². The topological polar surface area (TPSA) is 49.9 Å². The second-order valence-electron chi connectivity index (χ2n) is 6.98. The molecule has 0 aliphatic carbocycles. The number of para-hydroxylation sites is 1. The molecule has 0 spiro atoms. The van der Waals surface area contributed by atoms with Gasteiger partial charge in [0.05, 0.1) is 18.7 Å². The van der Waals surface area contributed by atoms with E-state index >= 15 is 0 Å². The molecule has 0 aromatic heterocycles. The molecule has 1 unspecified atom stereocenters. The van der Waals surface area contributed by atoms with Crippen LogP contribution in [0.1, 0.15) is 34.8 Å². The molecule has 3 rings (SSSR count). The van der Waals surface area contributed by atoms with Crippen molar-refractivity contribution in [1.82, 2.24) is 9.80 Å². The maximum atomic E-state index is 13.7. The van der Waals surface area contributed by atoms with Crippen molar-refractivity contribution in [3.05, 3.63) is 65.5 Å². The zero-order valence-corrected chi connectivity index (χ0v) is 16.2. The van der Waals surface area contributed by atoms with E-state index in [-0.39, 0.29) is 36.1 Å². The quantitative estimate of drug-likeness (QED) is 0.717. The van der Waals surface area contributed by atoms with Crippen molar-refractivity contribution < 1.29 is 18.7 Å². The Kier molecular flexibility index (Phi) is 6.41. The highest BCUT2D eigenvalue weighted by molar-refractivity contribution is 5.98. The average Bonchev–Trinajstić information content (AvgIpc) is 2.72. The number of ketones is 1. The molecule has 1 heterocycles. The smallest absolute Gasteiger partial charge is 0.223 e. The van der Waals surface area contributed by atoms with Crippen molar-refractivity contribution >= 4 is 11.7 Å². The molecule has 0 N–H and O–H groups in total. The maximum absolute atomic E-state index is 13.7. The predicted molar refractivity (Wildman–Crippen MR) is 105 cm³/mol. The van der Waals surface area contributed by atoms with Gasteiger partial charge in [-0.3, -0.25) is 14.5 Å². The molecule has 0 saturated carbocycles. The van der Waals surface area contributed by atoms with Crippen LogP contribution in [-0.2, 0) is 4.79 Å². The lowest BCUT2D eigenvalue weighted by atomic mass is 10.0. The second kappa shape index (κ2) is 8.97. The highest BCUT2D eigenvalue weighted by Crippen LogP contribution is 2.31. The predicted octanol–water partition coefficient (Wildman–Crippen LogP) is 3.31. The van der Waals surface area contributed by atoms with E-state index in [1.54, 1.807) is 24.1 Å². The van der Waals surface area contributed by atoms with Crippen LogP contribution in [0.5, 0.6) is 5.75 Å². The van der Waals surface area contributed by atoms with Crippen LogP contribution in [0.25, 0.3) is 0 Å². The van der Waals surface area contributed by atoms with Gasteiger partial charge in [-0.15, -0.1) is 0 Å². The van der Waals surface area contributed by atoms with Crippen molar-refractivity contribution in [1.29, 1.82) is 0 Å². The van der Waals surface area contributed by atoms with Crippen LogP contribution in [-0.4, -0.2) is 55.3 Å². The van der Waals surface area contributed by atoms with Gasteiger partial charge < -0.3 is 9.64 Å². The SMILES string of the molecule is COc1ccccc1C1CN(C(=O)CCC(=O)c2ccccc2F)CCN1C. The number of halogens is 1. The normalized spacial score (nSPS) is 17.4. The summed E-state index contributed by atoms with van der Waals surface area (Å²) >= 11 is 0. The number of methoxy groups -OCH3 is 1. The molecule has 1 amide bonds. The van der Waals surface area contributed by atoms with Gasteiger partial charge in [-0.05, 0) is 25.2 Å². The van der Waals surface area contributed by atoms with Gasteiger partial charge >= 0.3 is 0 Å². The Morgan fingerprint density at radius 2 is 1.79 bits per heavy atom. The van der Waals surface area contributed by atoms with Gasteiger partial charge in [0, 0.05) is 38.0 Å². The number of ether oxygens (including phenoxy) is 1. The lowest BCUT2D eigenvalue weighted by Gasteiger charge is -2.40. The van der Waals surface area contributed by atoms with E-state index in [0.717, 1.165) is 17.9 Å². The molecular formula is C22H25FN2O3. The highest BCUT2D eigenvalue weighted by atomic mass is 19.1. The van der Waals surface area contributed by atoms with Crippen LogP contribution in [0.2, 0.25) is 0 Å². The molecule has 148 valence electrons. The number of benzene rings is 2. The van der Waals surface area contributed by atoms with Crippen molar-refractivity contribution in [3.63, 3.8) is 0 Å². The number of carbonyl (C=O) groups excluding carboxylic acids is 2. The summed E-state index contributed by atoms with van der Waals surface area (Å²) in [5, 5.41) is 0. The first-order chi connectivity index (χ1) is 13.5. The first kappa shape index (κ1) is 20.0. The van der Waals surface area contributed by atoms with Gasteiger partial charge in [0.1, 0.15) is 11.6 Å². The minimum atomic E-state index is -0.546. The third-order valence-electron chi connectivity index (χ3n) is 5.24. The molecular weight excluding hydrogens is 359 g/mol. The lowest BCUT2D eigenvalue weighted by Crippen LogP contribution is -2.49. The van der Waals surface area contributed by atoms with Crippen LogP contribution < -0.4 is 4.74 Å². The van der Waals surface area contributed by atoms with Crippen LogP contribution >= 0.6 is 0 Å². The standard InChI is InChI=1S/C22H25FN2O3/c1-24-13-14-25(15-19(24)17-8-4-6-10-21(17)28-2)22(27)12-11-20(26)16-7-3-5-9-18(16)23/h3-10,19H,11-15H2,1-2H3. The molecule has 2 aromatic rings. The highest BCUT2D eigenvalue weighted by Gasteiger charge is 2.30. The molecule has 1 saturated heterocycles. The number of likely N-dealkylation sites (N-methyl/N-ethyl adjacent to an activating group) is 1. The molecule has 1 aliphatic heterocycles. The molecule has 0 radical (unpaired) electrons. The summed E-state index contributed by atoms with van der Waals surface area (Å²) in [5.74, 6) is -0.182. The number of piperazine rings is 1. The van der Waals surface area contributed by atoms with E-state index in [9.17, 15) is 14.0 Å². The number of rotatable bonds is 6. The van der Waals surface area contributed by atoms with Crippen molar-refractivity contribution in [2.75, 3.05) is 33.8 Å². The number of nitrogens with zero attached hydrogens (tertiary/aromatic N) is 2. The number of Topliss-reactive ketones (excluding diaryl/α,β-unsaturated/α-hetero) is 1. The summed E-state index contributed by atoms with van der Waals surface area (Å²) in [6.07, 6.45) is 0.0843. The molecule has 28 heavy (non-hydrogen) atoms. The van der Waals surface area contributed by atoms with Crippen LogP contribution in [0, 0.1) is 5.82 Å². The fourth-order valence-electron chi connectivity index (χ4n) is 3.58. The minimum absolute atomic E-state index is 0.00539. The summed E-state index contributed by atoms with van der Waals surface area (Å²) in [6, 6.07) is 13.7. The third kappa shape index (κ3) is 4.39. The van der Waals surface area contributed by atoms with Crippen LogP contribution in [0.4, 0.5) is 4.39 Å². The van der Waals surface area contributed by atoms with Crippen molar-refractivity contribution in [2.24, 2.45) is 0 Å². The van der Waals surface area contributed by atoms with Gasteiger partial charge in [0.2, 0.25) is 5.91 Å². The Morgan fingerprint density at radius 1 is 1.07 bits per heavy atom. The van der Waals surface area contributed by atoms with Gasteiger partial charge in [-0.25, -0.2) is 4.39 Å². The summed E-state index contributed by atoms with van der Waals surface area (Å²) in [7, 11) is 3.67. The Morgan fingerprint density at radius 3 is 2.54 bits per heavy atom. The Balaban J connectivity index is 1.64. The van der Waals surface area contributed by atoms with E-state index in [2.05, 4.69) is 4.90 Å². The van der Waals surface area contributed by atoms with Crippen LogP contribution in [0.15, 0.2) is 48.5 Å². The van der Waals surface area contributed by atoms with E-state index in [4.69, 9.17) is 4.74 Å². The van der Waals surface area contributed by atoms with Crippen LogP contribution in [0.3, 0.4) is 0 Å². The summed E-state index contributed by atoms with van der Waals surface area (Å²) in [6.45, 7) is 1.87. The Bertz CT molecular complexity index is 855. The summed E-state index contributed by atoms with van der Waals surface area (Å²) < 4.78 is 19.2. The van der Waals surface area contributed by atoms with E-state index in [0.29, 0.717) is 13.1 Å². The number of carbonyl (C=O) groups is 2. The largest absolute Gasteiger partial charge is 0.496 e. The maximum Gasteiger partial charge on any atom is 0.223 e. The minimum Gasteiger partial charge on any atom is -0.496 e. The van der Waals surface area contributed by atoms with Gasteiger partial charge in [0.25, 0.3) is 0 Å². The van der Waals surface area contributed by atoms with Gasteiger partial charge in [-0.1, -0.05) is 30.3 Å². The summed E-state index contributed by atoms with van der Waals surface area (Å²) in [4.78, 5) is 28.9. The monoisotopic (exact) mass is 384 g/mol. The van der Waals surface area contributed by atoms with Crippen molar-refractivity contribution in [2.45, 2.75) is 18.9 Å². The molecule has 2 aromatic carbocycles. The third-order valence-corrected chi connectivity index (χ3v) is 5.24.